The number of halogens is 1. The number of carbonyl (C=O) groups is 1. The molecule has 8 heteroatoms. The first kappa shape index (κ1) is 20.3. The number of nitriles is 1. The normalized spacial score (nSPS) is 15.0. The highest BCUT2D eigenvalue weighted by molar-refractivity contribution is 7.89. The van der Waals surface area contributed by atoms with Crippen molar-refractivity contribution in [1.82, 2.24) is 4.31 Å². The lowest BCUT2D eigenvalue weighted by molar-refractivity contribution is 0.0472. The van der Waals surface area contributed by atoms with Crippen LogP contribution in [0.2, 0.25) is 5.02 Å². The molecule has 0 saturated carbocycles. The summed E-state index contributed by atoms with van der Waals surface area (Å²) in [7, 11) is -3.69. The number of piperidine rings is 1. The third-order valence-electron chi connectivity index (χ3n) is 4.61. The molecule has 146 valence electrons. The molecule has 0 spiro atoms. The second-order valence-electron chi connectivity index (χ2n) is 6.45. The number of hydrogen-bond donors (Lipinski definition) is 0. The van der Waals surface area contributed by atoms with Gasteiger partial charge in [0.25, 0.3) is 0 Å². The lowest BCUT2D eigenvalue weighted by atomic mass is 10.1. The second kappa shape index (κ2) is 8.74. The summed E-state index contributed by atoms with van der Waals surface area (Å²) in [5.41, 5.74) is 0.948. The van der Waals surface area contributed by atoms with Gasteiger partial charge in [-0.15, -0.1) is 0 Å². The Bertz CT molecular complexity index is 1020. The van der Waals surface area contributed by atoms with Crippen LogP contribution in [-0.2, 0) is 21.4 Å². The monoisotopic (exact) mass is 418 g/mol. The van der Waals surface area contributed by atoms with Crippen LogP contribution in [0, 0.1) is 11.3 Å². The summed E-state index contributed by atoms with van der Waals surface area (Å²) in [4.78, 5) is 12.5. The van der Waals surface area contributed by atoms with E-state index < -0.39 is 16.0 Å². The first-order chi connectivity index (χ1) is 13.4. The molecule has 28 heavy (non-hydrogen) atoms. The molecule has 0 radical (unpaired) electrons. The molecule has 6 nitrogen and oxygen atoms in total. The van der Waals surface area contributed by atoms with E-state index in [2.05, 4.69) is 0 Å². The van der Waals surface area contributed by atoms with Crippen LogP contribution in [0.3, 0.4) is 0 Å². The average Bonchev–Trinajstić information content (AvgIpc) is 2.73. The third-order valence-corrected chi connectivity index (χ3v) is 6.83. The molecule has 2 aromatic carbocycles. The van der Waals surface area contributed by atoms with E-state index in [-0.39, 0.29) is 22.1 Å². The summed E-state index contributed by atoms with van der Waals surface area (Å²) in [5.74, 6) is -0.742. The molecule has 0 amide bonds. The minimum atomic E-state index is -3.69. The highest BCUT2D eigenvalue weighted by Gasteiger charge is 2.27. The van der Waals surface area contributed by atoms with Gasteiger partial charge in [0.2, 0.25) is 10.0 Å². The van der Waals surface area contributed by atoms with E-state index in [0.717, 1.165) is 19.3 Å². The Balaban J connectivity index is 1.81. The van der Waals surface area contributed by atoms with Crippen molar-refractivity contribution >= 4 is 27.6 Å². The Morgan fingerprint density at radius 1 is 1.14 bits per heavy atom. The number of ether oxygens (including phenoxy) is 1. The number of sulfonamides is 1. The number of benzene rings is 2. The first-order valence-corrected chi connectivity index (χ1v) is 10.7. The van der Waals surface area contributed by atoms with Crippen LogP contribution in [0.25, 0.3) is 0 Å². The zero-order valence-electron chi connectivity index (χ0n) is 15.1. The molecule has 1 aliphatic rings. The van der Waals surface area contributed by atoms with E-state index >= 15 is 0 Å². The van der Waals surface area contributed by atoms with Gasteiger partial charge in [-0.05, 0) is 37.1 Å². The van der Waals surface area contributed by atoms with Crippen molar-refractivity contribution in [2.24, 2.45) is 0 Å². The van der Waals surface area contributed by atoms with Gasteiger partial charge in [-0.2, -0.15) is 9.57 Å². The maximum Gasteiger partial charge on any atom is 0.340 e. The lowest BCUT2D eigenvalue weighted by Crippen LogP contribution is -2.35. The summed E-state index contributed by atoms with van der Waals surface area (Å²) in [6.07, 6.45) is 2.65. The molecule has 0 bridgehead atoms. The van der Waals surface area contributed by atoms with Gasteiger partial charge in [0.15, 0.2) is 0 Å². The Kier molecular flexibility index (Phi) is 6.35. The van der Waals surface area contributed by atoms with Crippen molar-refractivity contribution in [3.05, 3.63) is 64.2 Å². The summed E-state index contributed by atoms with van der Waals surface area (Å²) < 4.78 is 32.4. The van der Waals surface area contributed by atoms with Gasteiger partial charge in [-0.1, -0.05) is 36.2 Å². The second-order valence-corrected chi connectivity index (χ2v) is 8.80. The number of rotatable bonds is 5. The van der Waals surface area contributed by atoms with Crippen molar-refractivity contribution in [1.29, 1.82) is 5.26 Å². The maximum atomic E-state index is 12.8. The zero-order valence-corrected chi connectivity index (χ0v) is 16.7. The molecule has 1 heterocycles. The molecule has 0 unspecified atom stereocenters. The molecular weight excluding hydrogens is 400 g/mol. The Labute approximate surface area is 169 Å². The molecule has 0 aliphatic carbocycles. The fourth-order valence-electron chi connectivity index (χ4n) is 3.05. The smallest absolute Gasteiger partial charge is 0.340 e. The number of hydrogen-bond acceptors (Lipinski definition) is 5. The standard InChI is InChI=1S/C20H19ClN2O4S/c21-19-9-8-17(28(25,26)23-10-4-1-5-11-23)12-18(19)20(24)27-14-16-7-3-2-6-15(16)13-22/h2-3,6-9,12H,1,4-5,10-11,14H2. The number of esters is 1. The summed E-state index contributed by atoms with van der Waals surface area (Å²) in [6, 6.07) is 12.8. The average molecular weight is 419 g/mol. The Hall–Kier alpha value is -2.40. The van der Waals surface area contributed by atoms with Crippen LogP contribution >= 0.6 is 11.6 Å². The summed E-state index contributed by atoms with van der Waals surface area (Å²) >= 11 is 6.11. The van der Waals surface area contributed by atoms with E-state index in [4.69, 9.17) is 21.6 Å². The molecule has 2 aromatic rings. The fraction of sp³-hybridized carbons (Fsp3) is 0.300. The van der Waals surface area contributed by atoms with E-state index in [1.54, 1.807) is 24.3 Å². The largest absolute Gasteiger partial charge is 0.457 e. The minimum absolute atomic E-state index is 0.0168. The van der Waals surface area contributed by atoms with E-state index in [9.17, 15) is 13.2 Å². The summed E-state index contributed by atoms with van der Waals surface area (Å²) in [6.45, 7) is 0.827. The van der Waals surface area contributed by atoms with Crippen molar-refractivity contribution in [2.75, 3.05) is 13.1 Å². The quantitative estimate of drug-likeness (QED) is 0.690. The number of nitrogens with zero attached hydrogens (tertiary/aromatic N) is 2. The van der Waals surface area contributed by atoms with Gasteiger partial charge in [0, 0.05) is 18.7 Å². The molecule has 3 rings (SSSR count). The molecule has 0 N–H and O–H groups in total. The van der Waals surface area contributed by atoms with Gasteiger partial charge in [-0.3, -0.25) is 0 Å². The maximum absolute atomic E-state index is 12.8. The first-order valence-electron chi connectivity index (χ1n) is 8.88. The van der Waals surface area contributed by atoms with Crippen LogP contribution in [0.1, 0.15) is 40.7 Å². The van der Waals surface area contributed by atoms with Crippen LogP contribution in [0.5, 0.6) is 0 Å². The molecule has 0 atom stereocenters. The van der Waals surface area contributed by atoms with E-state index in [0.29, 0.717) is 24.2 Å². The van der Waals surface area contributed by atoms with E-state index in [1.807, 2.05) is 6.07 Å². The predicted octanol–water partition coefficient (Wildman–Crippen LogP) is 3.74. The van der Waals surface area contributed by atoms with Gasteiger partial charge in [-0.25, -0.2) is 13.2 Å². The van der Waals surface area contributed by atoms with Crippen molar-refractivity contribution in [3.63, 3.8) is 0 Å². The van der Waals surface area contributed by atoms with Gasteiger partial charge in [0.1, 0.15) is 6.61 Å². The minimum Gasteiger partial charge on any atom is -0.457 e. The van der Waals surface area contributed by atoms with Crippen LogP contribution in [0.4, 0.5) is 0 Å². The van der Waals surface area contributed by atoms with Gasteiger partial charge >= 0.3 is 5.97 Å². The van der Waals surface area contributed by atoms with Gasteiger partial charge in [0.05, 0.1) is 27.1 Å². The topological polar surface area (TPSA) is 87.5 Å². The molecule has 1 aliphatic heterocycles. The van der Waals surface area contributed by atoms with Crippen molar-refractivity contribution in [2.45, 2.75) is 30.8 Å². The van der Waals surface area contributed by atoms with Crippen LogP contribution in [-0.4, -0.2) is 31.8 Å². The van der Waals surface area contributed by atoms with Gasteiger partial charge < -0.3 is 4.74 Å². The van der Waals surface area contributed by atoms with Crippen LogP contribution in [0.15, 0.2) is 47.4 Å². The van der Waals surface area contributed by atoms with Crippen LogP contribution < -0.4 is 0 Å². The van der Waals surface area contributed by atoms with E-state index in [1.165, 1.54) is 22.5 Å². The molecular formula is C20H19ClN2O4S. The van der Waals surface area contributed by atoms with Crippen molar-refractivity contribution < 1.29 is 17.9 Å². The Morgan fingerprint density at radius 2 is 1.86 bits per heavy atom. The van der Waals surface area contributed by atoms with Crippen molar-refractivity contribution in [3.8, 4) is 6.07 Å². The molecule has 1 fully saturated rings. The highest BCUT2D eigenvalue weighted by Crippen LogP contribution is 2.26. The lowest BCUT2D eigenvalue weighted by Gasteiger charge is -2.26. The zero-order chi connectivity index (χ0) is 20.1. The fourth-order valence-corrected chi connectivity index (χ4v) is 4.79. The predicted molar refractivity (Wildman–Crippen MR) is 104 cm³/mol. The third kappa shape index (κ3) is 4.36. The highest BCUT2D eigenvalue weighted by atomic mass is 35.5. The molecule has 1 saturated heterocycles. The Morgan fingerprint density at radius 3 is 2.57 bits per heavy atom. The number of carbonyl (C=O) groups excluding carboxylic acids is 1. The SMILES string of the molecule is N#Cc1ccccc1COC(=O)c1cc(S(=O)(=O)N2CCCCC2)ccc1Cl. The summed E-state index contributed by atoms with van der Waals surface area (Å²) in [5, 5.41) is 9.22. The molecule has 0 aromatic heterocycles.